The minimum Gasteiger partial charge on any atom is -0.478 e. The van der Waals surface area contributed by atoms with Crippen LogP contribution in [0.5, 0.6) is 0 Å². The Hall–Kier alpha value is -1.63. The van der Waals surface area contributed by atoms with E-state index in [2.05, 4.69) is 0 Å². The molecule has 0 saturated carbocycles. The lowest BCUT2D eigenvalue weighted by atomic mass is 9.93. The highest BCUT2D eigenvalue weighted by Crippen LogP contribution is 2.58. The maximum atomic E-state index is 13.1. The van der Waals surface area contributed by atoms with E-state index < -0.39 is 54.8 Å². The molecule has 25 heavy (non-hydrogen) atoms. The van der Waals surface area contributed by atoms with Crippen molar-refractivity contribution in [2.45, 2.75) is 48.9 Å². The molecule has 0 aliphatic heterocycles. The first-order valence-corrected chi connectivity index (χ1v) is 5.95. The van der Waals surface area contributed by atoms with Crippen LogP contribution in [-0.4, -0.2) is 47.1 Å². The summed E-state index contributed by atoms with van der Waals surface area (Å²) in [6, 6.07) is 0. The highest BCUT2D eigenvalue weighted by molar-refractivity contribution is 5.79. The number of halogens is 12. The Kier molecular flexibility index (Phi) is 6.49. The molecule has 14 heteroatoms. The topological polar surface area (TPSA) is 37.3 Å². The SMILES string of the molecule is O=C(O)C=CCCC(F)C(F)(F)C(F)(F)C(F)(F)C(F)(F)C(F)(F)F. The summed E-state index contributed by atoms with van der Waals surface area (Å²) in [5, 5.41) is 8.10. The lowest BCUT2D eigenvalue weighted by molar-refractivity contribution is -0.426. The van der Waals surface area contributed by atoms with Crippen LogP contribution in [0.15, 0.2) is 12.2 Å². The number of carbonyl (C=O) groups is 1. The van der Waals surface area contributed by atoms with Gasteiger partial charge in [0.25, 0.3) is 0 Å². The van der Waals surface area contributed by atoms with Crippen molar-refractivity contribution in [3.63, 3.8) is 0 Å². The summed E-state index contributed by atoms with van der Waals surface area (Å²) in [5.41, 5.74) is 0. The van der Waals surface area contributed by atoms with E-state index in [1.54, 1.807) is 0 Å². The summed E-state index contributed by atoms with van der Waals surface area (Å²) in [4.78, 5) is 10.00. The van der Waals surface area contributed by atoms with Gasteiger partial charge in [-0.15, -0.1) is 0 Å². The zero-order chi connectivity index (χ0) is 20.5. The third kappa shape index (κ3) is 4.14. The van der Waals surface area contributed by atoms with Gasteiger partial charge in [-0.25, -0.2) is 9.18 Å². The molecule has 1 unspecified atom stereocenters. The van der Waals surface area contributed by atoms with Crippen LogP contribution in [0.4, 0.5) is 52.7 Å². The molecule has 0 radical (unpaired) electrons. The van der Waals surface area contributed by atoms with Gasteiger partial charge >= 0.3 is 35.8 Å². The minimum absolute atomic E-state index is 0.245. The third-order valence-corrected chi connectivity index (χ3v) is 2.80. The van der Waals surface area contributed by atoms with Gasteiger partial charge in [-0.2, -0.15) is 48.3 Å². The fourth-order valence-electron chi connectivity index (χ4n) is 1.39. The average molecular weight is 400 g/mol. The smallest absolute Gasteiger partial charge is 0.460 e. The molecule has 0 spiro atoms. The van der Waals surface area contributed by atoms with Crippen LogP contribution in [0.1, 0.15) is 12.8 Å². The molecule has 0 amide bonds. The Labute approximate surface area is 131 Å². The molecule has 0 fully saturated rings. The summed E-state index contributed by atoms with van der Waals surface area (Å²) < 4.78 is 152. The number of hydrogen-bond acceptors (Lipinski definition) is 1. The van der Waals surface area contributed by atoms with E-state index in [4.69, 9.17) is 5.11 Å². The number of rotatable bonds is 8. The van der Waals surface area contributed by atoms with Gasteiger partial charge in [0.2, 0.25) is 0 Å². The van der Waals surface area contributed by atoms with Crippen molar-refractivity contribution in [1.29, 1.82) is 0 Å². The number of aliphatic carboxylic acids is 1. The highest BCUT2D eigenvalue weighted by Gasteiger charge is 2.88. The Morgan fingerprint density at radius 2 is 1.28 bits per heavy atom. The Balaban J connectivity index is 5.61. The van der Waals surface area contributed by atoms with Crippen LogP contribution in [0, 0.1) is 0 Å². The molecule has 0 aromatic heterocycles. The van der Waals surface area contributed by atoms with Crippen LogP contribution in [0.3, 0.4) is 0 Å². The van der Waals surface area contributed by atoms with Gasteiger partial charge in [0.1, 0.15) is 0 Å². The van der Waals surface area contributed by atoms with Crippen molar-refractivity contribution in [3.8, 4) is 0 Å². The van der Waals surface area contributed by atoms with Crippen molar-refractivity contribution in [1.82, 2.24) is 0 Å². The van der Waals surface area contributed by atoms with Crippen molar-refractivity contribution >= 4 is 5.97 Å². The van der Waals surface area contributed by atoms with Crippen LogP contribution in [-0.2, 0) is 4.79 Å². The molecular formula is C11H8F12O2. The number of carboxylic acid groups (broad SMARTS) is 1. The molecule has 0 bridgehead atoms. The Morgan fingerprint density at radius 1 is 0.840 bits per heavy atom. The van der Waals surface area contributed by atoms with Crippen LogP contribution < -0.4 is 0 Å². The molecule has 148 valence electrons. The zero-order valence-electron chi connectivity index (χ0n) is 11.5. The summed E-state index contributed by atoms with van der Waals surface area (Å²) in [6.45, 7) is 0. The quantitative estimate of drug-likeness (QED) is 0.467. The van der Waals surface area contributed by atoms with Crippen LogP contribution in [0.2, 0.25) is 0 Å². The van der Waals surface area contributed by atoms with Gasteiger partial charge in [0, 0.05) is 6.08 Å². The maximum absolute atomic E-state index is 13.1. The van der Waals surface area contributed by atoms with E-state index in [9.17, 15) is 57.5 Å². The molecule has 0 rings (SSSR count). The molecule has 0 aromatic carbocycles. The Morgan fingerprint density at radius 3 is 1.64 bits per heavy atom. The summed E-state index contributed by atoms with van der Waals surface area (Å²) >= 11 is 0. The monoisotopic (exact) mass is 400 g/mol. The number of hydrogen-bond donors (Lipinski definition) is 1. The van der Waals surface area contributed by atoms with Crippen molar-refractivity contribution in [2.75, 3.05) is 0 Å². The molecule has 1 N–H and O–H groups in total. The average Bonchev–Trinajstić information content (AvgIpc) is 2.40. The molecule has 2 nitrogen and oxygen atoms in total. The van der Waals surface area contributed by atoms with Gasteiger partial charge in [0.15, 0.2) is 6.17 Å². The van der Waals surface area contributed by atoms with E-state index in [0.717, 1.165) is 0 Å². The number of carboxylic acids is 1. The largest absolute Gasteiger partial charge is 0.478 e. The lowest BCUT2D eigenvalue weighted by Crippen LogP contribution is -2.68. The fraction of sp³-hybridized carbons (Fsp3) is 0.727. The minimum atomic E-state index is -7.66. The van der Waals surface area contributed by atoms with E-state index in [1.165, 1.54) is 0 Å². The first-order chi connectivity index (χ1) is 10.8. The molecule has 0 heterocycles. The first-order valence-electron chi connectivity index (χ1n) is 5.95. The lowest BCUT2D eigenvalue weighted by Gasteiger charge is -2.38. The third-order valence-electron chi connectivity index (χ3n) is 2.80. The van der Waals surface area contributed by atoms with Gasteiger partial charge in [0.05, 0.1) is 0 Å². The van der Waals surface area contributed by atoms with Crippen molar-refractivity contribution in [3.05, 3.63) is 12.2 Å². The second-order valence-corrected chi connectivity index (χ2v) is 4.63. The second-order valence-electron chi connectivity index (χ2n) is 4.63. The predicted octanol–water partition coefficient (Wildman–Crippen LogP) is 4.85. The summed E-state index contributed by atoms with van der Waals surface area (Å²) in [5.74, 6) is -30.9. The molecule has 1 atom stereocenters. The molecule has 0 aromatic rings. The first kappa shape index (κ1) is 23.4. The molecule has 0 saturated heterocycles. The molecule has 0 aliphatic carbocycles. The predicted molar refractivity (Wildman–Crippen MR) is 56.7 cm³/mol. The maximum Gasteiger partial charge on any atom is 0.460 e. The van der Waals surface area contributed by atoms with Gasteiger partial charge < -0.3 is 5.11 Å². The van der Waals surface area contributed by atoms with Crippen LogP contribution >= 0.6 is 0 Å². The van der Waals surface area contributed by atoms with Gasteiger partial charge in [-0.1, -0.05) is 6.08 Å². The van der Waals surface area contributed by atoms with Gasteiger partial charge in [-0.05, 0) is 12.8 Å². The normalized spacial score (nSPS) is 16.3. The number of alkyl halides is 12. The highest BCUT2D eigenvalue weighted by atomic mass is 19.4. The second kappa shape index (κ2) is 6.94. The zero-order valence-corrected chi connectivity index (χ0v) is 11.5. The Bertz CT molecular complexity index is 508. The van der Waals surface area contributed by atoms with E-state index in [1.807, 2.05) is 0 Å². The van der Waals surface area contributed by atoms with Gasteiger partial charge in [-0.3, -0.25) is 0 Å². The van der Waals surface area contributed by atoms with E-state index >= 15 is 0 Å². The van der Waals surface area contributed by atoms with Crippen molar-refractivity contribution < 1.29 is 62.6 Å². The van der Waals surface area contributed by atoms with Crippen LogP contribution in [0.25, 0.3) is 0 Å². The van der Waals surface area contributed by atoms with E-state index in [0.29, 0.717) is 6.08 Å². The summed E-state index contributed by atoms with van der Waals surface area (Å²) in [7, 11) is 0. The standard InChI is InChI=1S/C11H8F12O2/c12-5(3-1-2-4-6(24)25)7(13,14)8(15,16)9(17,18)10(19,20)11(21,22)23/h2,4-5H,1,3H2,(H,24,25). The molecular weight excluding hydrogens is 392 g/mol. The number of allylic oxidation sites excluding steroid dienone is 1. The van der Waals surface area contributed by atoms with E-state index in [-0.39, 0.29) is 6.08 Å². The fourth-order valence-corrected chi connectivity index (χ4v) is 1.39. The van der Waals surface area contributed by atoms with Crippen molar-refractivity contribution in [2.24, 2.45) is 0 Å². The summed E-state index contributed by atoms with van der Waals surface area (Å²) in [6.07, 6.45) is -13.7. The molecule has 0 aliphatic rings.